The van der Waals surface area contributed by atoms with E-state index in [1.165, 1.54) is 30.6 Å². The quantitative estimate of drug-likeness (QED) is 0.681. The zero-order valence-electron chi connectivity index (χ0n) is 15.3. The van der Waals surface area contributed by atoms with E-state index in [1.54, 1.807) is 12.3 Å². The summed E-state index contributed by atoms with van der Waals surface area (Å²) >= 11 is 4.77. The van der Waals surface area contributed by atoms with Crippen LogP contribution in [0.15, 0.2) is 50.5 Å². The topological polar surface area (TPSA) is 97.9 Å². The number of hydrogen-bond acceptors (Lipinski definition) is 7. The van der Waals surface area contributed by atoms with Crippen LogP contribution in [-0.4, -0.2) is 41.3 Å². The number of nitrogens with two attached hydrogens (primary N) is 1. The number of methoxy groups -OCH3 is 1. The van der Waals surface area contributed by atoms with Gasteiger partial charge < -0.3 is 15.4 Å². The van der Waals surface area contributed by atoms with Gasteiger partial charge in [-0.05, 0) is 17.7 Å². The van der Waals surface area contributed by atoms with E-state index >= 15 is 0 Å². The normalized spacial score (nSPS) is 21.1. The second-order valence-corrected chi connectivity index (χ2v) is 8.37. The van der Waals surface area contributed by atoms with Gasteiger partial charge in [-0.3, -0.25) is 9.79 Å². The number of benzene rings is 1. The lowest BCUT2D eigenvalue weighted by molar-refractivity contribution is -0.136. The number of hydrogen-bond donors (Lipinski definition) is 1. The number of aromatic nitrogens is 1. The molecule has 1 saturated heterocycles. The summed E-state index contributed by atoms with van der Waals surface area (Å²) in [6.07, 6.45) is 1.95. The zero-order chi connectivity index (χ0) is 20.7. The van der Waals surface area contributed by atoms with Gasteiger partial charge in [-0.15, -0.1) is 11.3 Å². The molecular formula is C19H16BrFN4O3S. The maximum absolute atomic E-state index is 13.7. The molecule has 2 N–H and O–H groups in total. The Hall–Kier alpha value is -2.59. The molecule has 4 rings (SSSR count). The van der Waals surface area contributed by atoms with Crippen LogP contribution >= 0.6 is 27.3 Å². The highest BCUT2D eigenvalue weighted by Gasteiger charge is 2.43. The number of carbonyl (C=O) groups excluding carboxylic acids is 2. The molecule has 0 spiro atoms. The van der Waals surface area contributed by atoms with Crippen molar-refractivity contribution in [3.8, 4) is 0 Å². The number of aliphatic imine (C=N–C) groups is 1. The third kappa shape index (κ3) is 3.46. The number of nitrogens with zero attached hydrogens (tertiary/aromatic N) is 3. The Morgan fingerprint density at radius 2 is 2.21 bits per heavy atom. The lowest BCUT2D eigenvalue weighted by atomic mass is 9.94. The summed E-state index contributed by atoms with van der Waals surface area (Å²) < 4.78 is 19.2. The first kappa shape index (κ1) is 19.7. The van der Waals surface area contributed by atoms with Crippen molar-refractivity contribution in [2.45, 2.75) is 12.5 Å². The number of halogens is 2. The molecule has 0 saturated carbocycles. The Balaban J connectivity index is 1.93. The van der Waals surface area contributed by atoms with Crippen LogP contribution in [0.4, 0.5) is 4.39 Å². The molecule has 10 heteroatoms. The molecule has 1 aromatic heterocycles. The summed E-state index contributed by atoms with van der Waals surface area (Å²) in [6, 6.07) is 3.47. The molecule has 2 aromatic rings. The smallest absolute Gasteiger partial charge is 0.338 e. The third-order valence-electron chi connectivity index (χ3n) is 4.95. The van der Waals surface area contributed by atoms with Crippen molar-refractivity contribution in [3.63, 3.8) is 0 Å². The minimum atomic E-state index is -0.741. The Morgan fingerprint density at radius 3 is 2.83 bits per heavy atom. The molecule has 2 aliphatic rings. The number of amides is 1. The number of carbonyl (C=O) groups is 2. The highest BCUT2D eigenvalue weighted by Crippen LogP contribution is 2.43. The van der Waals surface area contributed by atoms with Gasteiger partial charge in [-0.2, -0.15) is 0 Å². The molecule has 2 atom stereocenters. The maximum Gasteiger partial charge on any atom is 0.338 e. The monoisotopic (exact) mass is 478 g/mol. The number of esters is 1. The molecule has 1 fully saturated rings. The predicted octanol–water partition coefficient (Wildman–Crippen LogP) is 2.78. The number of amidine groups is 1. The van der Waals surface area contributed by atoms with E-state index in [1.807, 2.05) is 10.3 Å². The van der Waals surface area contributed by atoms with Crippen molar-refractivity contribution in [2.24, 2.45) is 16.6 Å². The van der Waals surface area contributed by atoms with E-state index in [0.29, 0.717) is 45.1 Å². The van der Waals surface area contributed by atoms with Crippen molar-refractivity contribution < 1.29 is 18.7 Å². The Morgan fingerprint density at radius 1 is 1.41 bits per heavy atom. The molecule has 0 unspecified atom stereocenters. The summed E-state index contributed by atoms with van der Waals surface area (Å²) in [5, 5.41) is 2.47. The number of allylic oxidation sites excluding steroid dienone is 1. The number of thiazole rings is 1. The summed E-state index contributed by atoms with van der Waals surface area (Å²) in [4.78, 5) is 35.6. The minimum Gasteiger partial charge on any atom is -0.466 e. The molecule has 1 amide bonds. The van der Waals surface area contributed by atoms with Gasteiger partial charge in [0.05, 0.1) is 18.6 Å². The minimum absolute atomic E-state index is 0.291. The van der Waals surface area contributed by atoms with E-state index in [0.717, 1.165) is 0 Å². The second-order valence-electron chi connectivity index (χ2n) is 6.62. The van der Waals surface area contributed by atoms with Gasteiger partial charge in [0.1, 0.15) is 11.9 Å². The first-order valence-corrected chi connectivity index (χ1v) is 10.4. The van der Waals surface area contributed by atoms with Gasteiger partial charge in [0.2, 0.25) is 5.91 Å². The number of rotatable bonds is 4. The van der Waals surface area contributed by atoms with Gasteiger partial charge in [0.15, 0.2) is 10.8 Å². The molecule has 2 aliphatic heterocycles. The van der Waals surface area contributed by atoms with Crippen molar-refractivity contribution in [1.82, 2.24) is 9.88 Å². The third-order valence-corrected chi connectivity index (χ3v) is 6.40. The van der Waals surface area contributed by atoms with Crippen LogP contribution in [0.5, 0.6) is 0 Å². The van der Waals surface area contributed by atoms with Gasteiger partial charge in [-0.1, -0.05) is 22.0 Å². The summed E-state index contributed by atoms with van der Waals surface area (Å²) in [5.74, 6) is -1.34. The first-order chi connectivity index (χ1) is 13.9. The fourth-order valence-corrected chi connectivity index (χ4v) is 4.81. The van der Waals surface area contributed by atoms with Crippen molar-refractivity contribution in [1.29, 1.82) is 0 Å². The molecule has 0 aliphatic carbocycles. The Labute approximate surface area is 178 Å². The fraction of sp³-hybridized carbons (Fsp3) is 0.263. The van der Waals surface area contributed by atoms with E-state index in [4.69, 9.17) is 15.5 Å². The van der Waals surface area contributed by atoms with Crippen LogP contribution in [0.2, 0.25) is 0 Å². The predicted molar refractivity (Wildman–Crippen MR) is 109 cm³/mol. The molecule has 0 radical (unpaired) electrons. The van der Waals surface area contributed by atoms with Crippen LogP contribution in [0.3, 0.4) is 0 Å². The van der Waals surface area contributed by atoms with E-state index < -0.39 is 29.7 Å². The van der Waals surface area contributed by atoms with Crippen molar-refractivity contribution in [2.75, 3.05) is 13.7 Å². The van der Waals surface area contributed by atoms with E-state index in [-0.39, 0.29) is 0 Å². The largest absolute Gasteiger partial charge is 0.466 e. The van der Waals surface area contributed by atoms with E-state index in [2.05, 4.69) is 20.9 Å². The van der Waals surface area contributed by atoms with Crippen LogP contribution < -0.4 is 5.73 Å². The lowest BCUT2D eigenvalue weighted by Crippen LogP contribution is -2.36. The lowest BCUT2D eigenvalue weighted by Gasteiger charge is -2.31. The first-order valence-electron chi connectivity index (χ1n) is 8.71. The summed E-state index contributed by atoms with van der Waals surface area (Å²) in [5.41, 5.74) is 7.09. The molecule has 1 aromatic carbocycles. The molecule has 0 bridgehead atoms. The Bertz CT molecular complexity index is 1050. The van der Waals surface area contributed by atoms with Gasteiger partial charge in [-0.25, -0.2) is 14.2 Å². The molecular weight excluding hydrogens is 463 g/mol. The van der Waals surface area contributed by atoms with E-state index in [9.17, 15) is 14.0 Å². The average Bonchev–Trinajstić information content (AvgIpc) is 3.36. The number of fused-ring (bicyclic) bond motifs is 1. The van der Waals surface area contributed by atoms with Crippen LogP contribution in [0, 0.1) is 11.7 Å². The maximum atomic E-state index is 13.7. The fourth-order valence-electron chi connectivity index (χ4n) is 3.61. The van der Waals surface area contributed by atoms with Gasteiger partial charge in [0.25, 0.3) is 0 Å². The van der Waals surface area contributed by atoms with Crippen molar-refractivity contribution >= 4 is 45.0 Å². The summed E-state index contributed by atoms with van der Waals surface area (Å²) in [6.45, 7) is 0.306. The van der Waals surface area contributed by atoms with Gasteiger partial charge >= 0.3 is 5.97 Å². The average molecular weight is 479 g/mol. The number of ether oxygens (including phenoxy) is 1. The number of primary amides is 1. The highest BCUT2D eigenvalue weighted by atomic mass is 79.9. The highest BCUT2D eigenvalue weighted by molar-refractivity contribution is 9.10. The standard InChI is InChI=1S/C19H16BrFN4O3S/c1-28-19(27)14-13-6-9(16(22)26)8-25(13)17(18-23-4-5-29-18)24-15(14)11-3-2-10(21)7-12(11)20/h2-5,7,9,15H,6,8H2,1H3,(H2,22,26)/t9-,15-/m1/s1. The Kier molecular flexibility index (Phi) is 5.22. The molecule has 150 valence electrons. The zero-order valence-corrected chi connectivity index (χ0v) is 17.7. The van der Waals surface area contributed by atoms with Gasteiger partial charge in [0, 0.05) is 34.7 Å². The summed E-state index contributed by atoms with van der Waals surface area (Å²) in [7, 11) is 1.29. The molecule has 29 heavy (non-hydrogen) atoms. The van der Waals surface area contributed by atoms with Crippen LogP contribution in [0.1, 0.15) is 23.0 Å². The molecule has 7 nitrogen and oxygen atoms in total. The molecule has 3 heterocycles. The van der Waals surface area contributed by atoms with Crippen LogP contribution in [0.25, 0.3) is 0 Å². The van der Waals surface area contributed by atoms with Crippen molar-refractivity contribution in [3.05, 3.63) is 61.9 Å². The van der Waals surface area contributed by atoms with Crippen LogP contribution in [-0.2, 0) is 14.3 Å². The second kappa shape index (κ2) is 7.68. The SMILES string of the molecule is COC(=O)C1=C2C[C@@H](C(N)=O)CN2C(c2nccs2)=N[C@@H]1c1ccc(F)cc1Br.